The number of aryl methyl sites for hydroxylation is 1. The molecule has 16 nitrogen and oxygen atoms in total. The van der Waals surface area contributed by atoms with E-state index in [2.05, 4.69) is 26.2 Å². The molecule has 0 aromatic carbocycles. The largest absolute Gasteiger partial charge is 0.611 e. The van der Waals surface area contributed by atoms with Gasteiger partial charge < -0.3 is 35.4 Å². The number of unbranched alkanes of at least 4 members (excludes halogenated alkanes) is 5. The van der Waals surface area contributed by atoms with Crippen molar-refractivity contribution in [1.82, 2.24) is 35.5 Å². The number of rotatable bonds is 18. The van der Waals surface area contributed by atoms with Crippen LogP contribution in [0.4, 0.5) is 17.5 Å². The Kier molecular flexibility index (Phi) is 13.0. The third-order valence-electron chi connectivity index (χ3n) is 12.5. The molecular weight excluding hydrogens is 793 g/mol. The number of fused-ring (bicyclic) bond motifs is 2. The Morgan fingerprint density at radius 1 is 1.02 bits per heavy atom. The fraction of sp³-hybridized carbons (Fsp3) is 0.610. The summed E-state index contributed by atoms with van der Waals surface area (Å²) in [4.78, 5) is 73.9. The maximum Gasteiger partial charge on any atom is 0.256 e. The van der Waals surface area contributed by atoms with E-state index in [0.717, 1.165) is 118 Å². The van der Waals surface area contributed by atoms with Gasteiger partial charge in [0.1, 0.15) is 23.3 Å². The van der Waals surface area contributed by atoms with E-state index < -0.39 is 23.1 Å². The maximum atomic E-state index is 13.0. The third-order valence-corrected chi connectivity index (χ3v) is 15.0. The monoisotopic (exact) mass is 846 g/mol. The molecule has 0 bridgehead atoms. The van der Waals surface area contributed by atoms with Crippen molar-refractivity contribution in [3.63, 3.8) is 0 Å². The Bertz CT molecular complexity index is 2010. The molecule has 5 N–H and O–H groups in total. The molecule has 3 aromatic heterocycles. The van der Waals surface area contributed by atoms with Crippen LogP contribution in [0, 0.1) is 0 Å². The van der Waals surface area contributed by atoms with Crippen molar-refractivity contribution < 1.29 is 28.8 Å². The number of carbonyl (C=O) groups is 4. The number of aromatic nitrogens is 4. The minimum absolute atomic E-state index is 0.00472. The summed E-state index contributed by atoms with van der Waals surface area (Å²) in [5.41, 5.74) is 2.85. The average molecular weight is 847 g/mol. The number of anilines is 3. The summed E-state index contributed by atoms with van der Waals surface area (Å²) in [6, 6.07) is -0.641. The second-order valence-corrected chi connectivity index (χ2v) is 19.0. The molecule has 1 aliphatic carbocycles. The minimum atomic E-state index is -1.12. The fourth-order valence-corrected chi connectivity index (χ4v) is 11.0. The number of aliphatic hydroxyl groups excluding tert-OH is 1. The average Bonchev–Trinajstić information content (AvgIpc) is 3.91. The van der Waals surface area contributed by atoms with Crippen LogP contribution in [0.3, 0.4) is 0 Å². The van der Waals surface area contributed by atoms with Gasteiger partial charge in [0.05, 0.1) is 42.3 Å². The van der Waals surface area contributed by atoms with Gasteiger partial charge in [-0.3, -0.25) is 24.5 Å². The Labute approximate surface area is 351 Å². The van der Waals surface area contributed by atoms with Crippen LogP contribution in [0.15, 0.2) is 22.7 Å². The summed E-state index contributed by atoms with van der Waals surface area (Å²) in [5, 5.41) is 24.1. The Morgan fingerprint density at radius 2 is 1.78 bits per heavy atom. The van der Waals surface area contributed by atoms with Crippen molar-refractivity contribution in [2.75, 3.05) is 47.5 Å². The second-order valence-electron chi connectivity index (χ2n) is 16.5. The van der Waals surface area contributed by atoms with E-state index in [1.54, 1.807) is 5.38 Å². The van der Waals surface area contributed by atoms with Gasteiger partial charge in [0.25, 0.3) is 5.91 Å². The number of imide groups is 1. The number of thiophene rings is 1. The van der Waals surface area contributed by atoms with Crippen LogP contribution in [0.5, 0.6) is 0 Å². The molecule has 7 heterocycles. The highest BCUT2D eigenvalue weighted by Gasteiger charge is 2.42. The fourth-order valence-electron chi connectivity index (χ4n) is 8.73. The smallest absolute Gasteiger partial charge is 0.256 e. The molecule has 5 aliphatic rings. The lowest BCUT2D eigenvalue weighted by Gasteiger charge is -2.41. The molecule has 3 aromatic rings. The van der Waals surface area contributed by atoms with E-state index in [1.165, 1.54) is 16.2 Å². The number of carbonyl (C=O) groups excluding carboxylic acids is 4. The molecular formula is C41H54N10O6S2. The van der Waals surface area contributed by atoms with Gasteiger partial charge in [0.15, 0.2) is 5.82 Å². The molecule has 2 atom stereocenters. The number of piperidine rings is 2. The van der Waals surface area contributed by atoms with Crippen LogP contribution in [0.25, 0.3) is 0 Å². The molecule has 3 fully saturated rings. The molecule has 59 heavy (non-hydrogen) atoms. The Hall–Kier alpha value is -4.39. The second kappa shape index (κ2) is 18.5. The standard InChI is InChI=1S/C41H54N10O6S2/c52-25-41(14-7-15-41)49-37-35-30(13-19-59(35)57)46-40(48-37)50-17-11-26(12-18-50)36-44-20-27(21-45-36)42-16-6-4-2-1-3-5-8-33(53)43-22-32-28-23-51(39(56)29(28)24-58-32)31-9-10-34(54)47-38(31)55/h20-21,24,26,31,42,52H,1-19,22-23,25H2,(H,43,53)(H,46,48,49)(H,47,54,55)/t31?,59-/m1/s1. The third kappa shape index (κ3) is 9.35. The first-order chi connectivity index (χ1) is 28.7. The van der Waals surface area contributed by atoms with E-state index in [0.29, 0.717) is 60.3 Å². The van der Waals surface area contributed by atoms with E-state index in [1.807, 2.05) is 12.4 Å². The van der Waals surface area contributed by atoms with Gasteiger partial charge in [-0.1, -0.05) is 25.7 Å². The molecule has 18 heteroatoms. The summed E-state index contributed by atoms with van der Waals surface area (Å²) >= 11 is 0.330. The molecule has 316 valence electrons. The van der Waals surface area contributed by atoms with Gasteiger partial charge in [-0.2, -0.15) is 4.98 Å². The van der Waals surface area contributed by atoms with E-state index in [4.69, 9.17) is 19.9 Å². The Morgan fingerprint density at radius 3 is 2.51 bits per heavy atom. The number of nitrogens with zero attached hydrogens (tertiary/aromatic N) is 6. The molecule has 4 aliphatic heterocycles. The number of nitrogens with one attached hydrogen (secondary N) is 4. The lowest BCUT2D eigenvalue weighted by Crippen LogP contribution is -2.52. The maximum absolute atomic E-state index is 13.0. The lowest BCUT2D eigenvalue weighted by molar-refractivity contribution is -0.137. The van der Waals surface area contributed by atoms with Crippen LogP contribution < -0.4 is 26.2 Å². The van der Waals surface area contributed by atoms with Gasteiger partial charge in [0, 0.05) is 61.6 Å². The Balaban J connectivity index is 0.685. The van der Waals surface area contributed by atoms with Crippen LogP contribution in [0.2, 0.25) is 0 Å². The summed E-state index contributed by atoms with van der Waals surface area (Å²) in [6.45, 7) is 3.12. The number of amides is 4. The first-order valence-electron chi connectivity index (χ1n) is 21.2. The van der Waals surface area contributed by atoms with Gasteiger partial charge >= 0.3 is 0 Å². The number of hydrogen-bond acceptors (Lipinski definition) is 14. The van der Waals surface area contributed by atoms with Crippen LogP contribution >= 0.6 is 11.3 Å². The first-order valence-corrected chi connectivity index (χ1v) is 23.4. The zero-order chi connectivity index (χ0) is 40.9. The van der Waals surface area contributed by atoms with Gasteiger partial charge in [0.2, 0.25) is 28.6 Å². The van der Waals surface area contributed by atoms with Crippen molar-refractivity contribution in [1.29, 1.82) is 0 Å². The summed E-state index contributed by atoms with van der Waals surface area (Å²) in [6.07, 6.45) is 16.2. The van der Waals surface area contributed by atoms with Gasteiger partial charge in [-0.05, 0) is 68.1 Å². The molecule has 1 saturated carbocycles. The van der Waals surface area contributed by atoms with Crippen LogP contribution in [-0.2, 0) is 45.1 Å². The van der Waals surface area contributed by atoms with Crippen molar-refractivity contribution in [3.8, 4) is 0 Å². The van der Waals surface area contributed by atoms with Gasteiger partial charge in [-0.25, -0.2) is 15.0 Å². The predicted molar refractivity (Wildman–Crippen MR) is 224 cm³/mol. The molecule has 0 radical (unpaired) electrons. The highest BCUT2D eigenvalue weighted by molar-refractivity contribution is 7.91. The van der Waals surface area contributed by atoms with Crippen molar-refractivity contribution in [2.24, 2.45) is 0 Å². The van der Waals surface area contributed by atoms with E-state index in [-0.39, 0.29) is 42.2 Å². The highest BCUT2D eigenvalue weighted by atomic mass is 32.2. The van der Waals surface area contributed by atoms with Crippen molar-refractivity contribution in [2.45, 2.75) is 132 Å². The predicted octanol–water partition coefficient (Wildman–Crippen LogP) is 3.92. The topological polar surface area (TPSA) is 218 Å². The van der Waals surface area contributed by atoms with E-state index in [9.17, 15) is 28.8 Å². The zero-order valence-corrected chi connectivity index (χ0v) is 35.1. The molecule has 2 saturated heterocycles. The van der Waals surface area contributed by atoms with E-state index >= 15 is 0 Å². The quantitative estimate of drug-likeness (QED) is 0.0698. The van der Waals surface area contributed by atoms with Gasteiger partial charge in [-0.15, -0.1) is 11.3 Å². The summed E-state index contributed by atoms with van der Waals surface area (Å²) in [5.74, 6) is 2.04. The molecule has 1 unspecified atom stereocenters. The summed E-state index contributed by atoms with van der Waals surface area (Å²) < 4.78 is 12.8. The SMILES string of the molecule is O=C(CCCCCCCCNc1cnc(C2CCN(c3nc4c(c(NC5(CO)CCC5)n3)[S@+]([O-])CC4)CC2)nc1)NCc1scc2c1CN(C1CCC(=O)NC1=O)C2=O. The molecule has 4 amide bonds. The lowest BCUT2D eigenvalue weighted by atomic mass is 9.77. The van der Waals surface area contributed by atoms with Crippen molar-refractivity contribution >= 4 is 63.6 Å². The normalized spacial score (nSPS) is 21.2. The van der Waals surface area contributed by atoms with Crippen LogP contribution in [0.1, 0.15) is 128 Å². The molecule has 8 rings (SSSR count). The van der Waals surface area contributed by atoms with Crippen LogP contribution in [-0.4, -0.2) is 102 Å². The minimum Gasteiger partial charge on any atom is -0.611 e. The summed E-state index contributed by atoms with van der Waals surface area (Å²) in [7, 11) is 0. The highest BCUT2D eigenvalue weighted by Crippen LogP contribution is 2.40. The number of aliphatic hydroxyl groups is 1. The van der Waals surface area contributed by atoms with Crippen molar-refractivity contribution in [3.05, 3.63) is 45.3 Å². The first kappa shape index (κ1) is 41.3. The zero-order valence-electron chi connectivity index (χ0n) is 33.4. The number of hydrogen-bond donors (Lipinski definition) is 5. The molecule has 0 spiro atoms.